The summed E-state index contributed by atoms with van der Waals surface area (Å²) in [6.45, 7) is 1.92. The van der Waals surface area contributed by atoms with Gasteiger partial charge >= 0.3 is 0 Å². The van der Waals surface area contributed by atoms with Crippen molar-refractivity contribution in [1.82, 2.24) is 4.90 Å². The highest BCUT2D eigenvalue weighted by molar-refractivity contribution is 5.16. The van der Waals surface area contributed by atoms with Crippen LogP contribution in [0.3, 0.4) is 0 Å². The molecule has 0 bridgehead atoms. The summed E-state index contributed by atoms with van der Waals surface area (Å²) in [4.78, 5) is 2.52. The molecule has 0 amide bonds. The van der Waals surface area contributed by atoms with E-state index >= 15 is 0 Å². The van der Waals surface area contributed by atoms with E-state index in [0.717, 1.165) is 32.4 Å². The molecule has 1 aromatic rings. The Morgan fingerprint density at radius 1 is 1.25 bits per heavy atom. The first kappa shape index (κ1) is 14.1. The number of aliphatic hydroxyl groups excluding tert-OH is 1. The summed E-state index contributed by atoms with van der Waals surface area (Å²) in [6, 6.07) is 10.7. The van der Waals surface area contributed by atoms with Crippen LogP contribution in [-0.4, -0.2) is 40.8 Å². The summed E-state index contributed by atoms with van der Waals surface area (Å²) in [5.74, 6) is 0. The fourth-order valence-electron chi connectivity index (χ4n) is 4.02. The molecule has 1 saturated carbocycles. The second kappa shape index (κ2) is 5.84. The van der Waals surface area contributed by atoms with Crippen LogP contribution < -0.4 is 5.73 Å². The van der Waals surface area contributed by atoms with Crippen molar-refractivity contribution in [2.24, 2.45) is 5.73 Å². The highest BCUT2D eigenvalue weighted by Crippen LogP contribution is 2.43. The summed E-state index contributed by atoms with van der Waals surface area (Å²) in [6.07, 6.45) is 6.55. The van der Waals surface area contributed by atoms with Gasteiger partial charge in [-0.05, 0) is 44.2 Å². The van der Waals surface area contributed by atoms with Gasteiger partial charge in [-0.15, -0.1) is 0 Å². The van der Waals surface area contributed by atoms with E-state index in [9.17, 15) is 5.11 Å². The molecule has 3 nitrogen and oxygen atoms in total. The van der Waals surface area contributed by atoms with Gasteiger partial charge in [-0.25, -0.2) is 0 Å². The van der Waals surface area contributed by atoms with E-state index in [4.69, 9.17) is 5.73 Å². The van der Waals surface area contributed by atoms with Crippen molar-refractivity contribution in [1.29, 1.82) is 0 Å². The number of hydrogen-bond acceptors (Lipinski definition) is 3. The molecule has 1 heterocycles. The average Bonchev–Trinajstić information content (AvgIpc) is 2.41. The number of benzene rings is 1. The topological polar surface area (TPSA) is 49.5 Å². The quantitative estimate of drug-likeness (QED) is 0.882. The van der Waals surface area contributed by atoms with Crippen molar-refractivity contribution in [2.45, 2.75) is 56.2 Å². The van der Waals surface area contributed by atoms with Gasteiger partial charge in [0.1, 0.15) is 0 Å². The fraction of sp³-hybridized carbons (Fsp3) is 0.647. The third kappa shape index (κ3) is 2.90. The Balaban J connectivity index is 1.58. The zero-order valence-corrected chi connectivity index (χ0v) is 12.2. The van der Waals surface area contributed by atoms with Crippen molar-refractivity contribution < 1.29 is 5.11 Å². The molecule has 3 heteroatoms. The van der Waals surface area contributed by atoms with Crippen LogP contribution in [0.15, 0.2) is 30.3 Å². The van der Waals surface area contributed by atoms with Crippen LogP contribution >= 0.6 is 0 Å². The number of aliphatic hydroxyl groups is 1. The molecule has 2 fully saturated rings. The number of hydrogen-bond donors (Lipinski definition) is 2. The number of rotatable bonds is 4. The van der Waals surface area contributed by atoms with Gasteiger partial charge in [0, 0.05) is 18.1 Å². The van der Waals surface area contributed by atoms with E-state index < -0.39 is 0 Å². The zero-order valence-electron chi connectivity index (χ0n) is 12.2. The van der Waals surface area contributed by atoms with Gasteiger partial charge in [0.2, 0.25) is 0 Å². The van der Waals surface area contributed by atoms with E-state index in [1.165, 1.54) is 24.8 Å². The van der Waals surface area contributed by atoms with Crippen LogP contribution in [0, 0.1) is 0 Å². The van der Waals surface area contributed by atoms with E-state index in [-0.39, 0.29) is 6.10 Å². The molecular formula is C17H26N2O. The van der Waals surface area contributed by atoms with Crippen molar-refractivity contribution in [2.75, 3.05) is 13.1 Å². The van der Waals surface area contributed by atoms with E-state index in [2.05, 4.69) is 17.0 Å². The first-order valence-corrected chi connectivity index (χ1v) is 7.91. The third-order valence-corrected chi connectivity index (χ3v) is 5.02. The minimum Gasteiger partial charge on any atom is -0.391 e. The maximum Gasteiger partial charge on any atom is 0.0707 e. The number of piperidine rings is 1. The van der Waals surface area contributed by atoms with Crippen LogP contribution in [0.1, 0.15) is 37.7 Å². The number of likely N-dealkylation sites (tertiary alicyclic amines) is 1. The lowest BCUT2D eigenvalue weighted by atomic mass is 9.67. The number of β-amino-alcohol motifs (C(OH)–C–C–N with tert-alkyl or cyclic N) is 1. The maximum atomic E-state index is 10.4. The van der Waals surface area contributed by atoms with Crippen molar-refractivity contribution >= 4 is 0 Å². The lowest BCUT2D eigenvalue weighted by molar-refractivity contribution is -0.0508. The maximum absolute atomic E-state index is 10.4. The molecule has 1 spiro atoms. The SMILES string of the molecule is NC1CC2(CCCCN2CC(O)Cc2ccccc2)C1. The van der Waals surface area contributed by atoms with Gasteiger partial charge in [0.15, 0.2) is 0 Å². The monoisotopic (exact) mass is 274 g/mol. The molecule has 1 aliphatic heterocycles. The van der Waals surface area contributed by atoms with Crippen LogP contribution in [0.25, 0.3) is 0 Å². The summed E-state index contributed by atoms with van der Waals surface area (Å²) < 4.78 is 0. The minimum atomic E-state index is -0.274. The largest absolute Gasteiger partial charge is 0.391 e. The lowest BCUT2D eigenvalue weighted by Gasteiger charge is -2.56. The minimum absolute atomic E-state index is 0.274. The van der Waals surface area contributed by atoms with Gasteiger partial charge in [0.05, 0.1) is 6.10 Å². The van der Waals surface area contributed by atoms with Crippen molar-refractivity contribution in [3.63, 3.8) is 0 Å². The Morgan fingerprint density at radius 2 is 2.00 bits per heavy atom. The number of nitrogens with two attached hydrogens (primary N) is 1. The molecule has 1 unspecified atom stereocenters. The summed E-state index contributed by atoms with van der Waals surface area (Å²) in [5, 5.41) is 10.4. The normalized spacial score (nSPS) is 32.0. The second-order valence-corrected chi connectivity index (χ2v) is 6.64. The highest BCUT2D eigenvalue weighted by Gasteiger charge is 2.48. The van der Waals surface area contributed by atoms with Gasteiger partial charge in [0.25, 0.3) is 0 Å². The van der Waals surface area contributed by atoms with Crippen LogP contribution in [-0.2, 0) is 6.42 Å². The van der Waals surface area contributed by atoms with Crippen molar-refractivity contribution in [3.8, 4) is 0 Å². The molecule has 0 radical (unpaired) electrons. The van der Waals surface area contributed by atoms with E-state index in [1.54, 1.807) is 0 Å². The van der Waals surface area contributed by atoms with Gasteiger partial charge in [-0.2, -0.15) is 0 Å². The van der Waals surface area contributed by atoms with Gasteiger partial charge < -0.3 is 10.8 Å². The van der Waals surface area contributed by atoms with E-state index in [1.807, 2.05) is 18.2 Å². The Labute approximate surface area is 121 Å². The fourth-order valence-corrected chi connectivity index (χ4v) is 4.02. The lowest BCUT2D eigenvalue weighted by Crippen LogP contribution is -2.64. The Hall–Kier alpha value is -0.900. The first-order chi connectivity index (χ1) is 9.68. The molecular weight excluding hydrogens is 248 g/mol. The predicted octanol–water partition coefficient (Wildman–Crippen LogP) is 1.94. The zero-order chi connectivity index (χ0) is 14.0. The Morgan fingerprint density at radius 3 is 2.70 bits per heavy atom. The van der Waals surface area contributed by atoms with Crippen LogP contribution in [0.4, 0.5) is 0 Å². The van der Waals surface area contributed by atoms with Gasteiger partial charge in [-0.1, -0.05) is 36.8 Å². The molecule has 3 rings (SSSR count). The van der Waals surface area contributed by atoms with E-state index in [0.29, 0.717) is 11.6 Å². The molecule has 1 saturated heterocycles. The molecule has 20 heavy (non-hydrogen) atoms. The third-order valence-electron chi connectivity index (χ3n) is 5.02. The molecule has 1 aromatic carbocycles. The molecule has 3 N–H and O–H groups in total. The summed E-state index contributed by atoms with van der Waals surface area (Å²) in [7, 11) is 0. The Kier molecular flexibility index (Phi) is 4.11. The predicted molar refractivity (Wildman–Crippen MR) is 81.5 cm³/mol. The van der Waals surface area contributed by atoms with Gasteiger partial charge in [-0.3, -0.25) is 4.90 Å². The summed E-state index contributed by atoms with van der Waals surface area (Å²) >= 11 is 0. The smallest absolute Gasteiger partial charge is 0.0707 e. The molecule has 110 valence electrons. The molecule has 2 aliphatic rings. The first-order valence-electron chi connectivity index (χ1n) is 7.91. The molecule has 1 aliphatic carbocycles. The summed E-state index contributed by atoms with van der Waals surface area (Å²) in [5.41, 5.74) is 7.55. The Bertz CT molecular complexity index is 422. The van der Waals surface area contributed by atoms with Crippen LogP contribution in [0.2, 0.25) is 0 Å². The average molecular weight is 274 g/mol. The standard InChI is InChI=1S/C17H26N2O/c18-15-11-17(12-15)8-4-5-9-19(17)13-16(20)10-14-6-2-1-3-7-14/h1-3,6-7,15-16,20H,4-5,8-13,18H2. The number of nitrogens with zero attached hydrogens (tertiary/aromatic N) is 1. The molecule has 1 atom stereocenters. The molecule has 0 aromatic heterocycles. The second-order valence-electron chi connectivity index (χ2n) is 6.64. The van der Waals surface area contributed by atoms with Crippen LogP contribution in [0.5, 0.6) is 0 Å². The van der Waals surface area contributed by atoms with Crippen molar-refractivity contribution in [3.05, 3.63) is 35.9 Å². The highest BCUT2D eigenvalue weighted by atomic mass is 16.3.